The van der Waals surface area contributed by atoms with Gasteiger partial charge in [-0.05, 0) is 35.7 Å². The number of nitro benzene ring substituents is 1. The molecule has 2 aromatic carbocycles. The number of rotatable bonds is 7. The number of benzene rings is 2. The standard InChI is InChI=1S/C17H17NO6/c1-23-13-5-3-4-12(10-13)14(17(19)20)8-11-6-7-16(24-2)15(9-11)18(21)22/h3-7,9-10,14H,8H2,1-2H3,(H,19,20). The third-order valence-electron chi connectivity index (χ3n) is 3.67. The molecule has 0 fully saturated rings. The van der Waals surface area contributed by atoms with Crippen LogP contribution in [0.3, 0.4) is 0 Å². The minimum absolute atomic E-state index is 0.118. The van der Waals surface area contributed by atoms with Crippen LogP contribution in [0.25, 0.3) is 0 Å². The summed E-state index contributed by atoms with van der Waals surface area (Å²) in [5, 5.41) is 20.6. The molecule has 0 aliphatic carbocycles. The van der Waals surface area contributed by atoms with E-state index in [-0.39, 0.29) is 17.9 Å². The Morgan fingerprint density at radius 2 is 1.96 bits per heavy atom. The van der Waals surface area contributed by atoms with Gasteiger partial charge in [0, 0.05) is 6.07 Å². The third-order valence-corrected chi connectivity index (χ3v) is 3.67. The van der Waals surface area contributed by atoms with Crippen molar-refractivity contribution < 1.29 is 24.3 Å². The van der Waals surface area contributed by atoms with Crippen LogP contribution in [0, 0.1) is 10.1 Å². The molecule has 0 saturated heterocycles. The lowest BCUT2D eigenvalue weighted by Crippen LogP contribution is -2.14. The highest BCUT2D eigenvalue weighted by atomic mass is 16.6. The minimum atomic E-state index is -1.01. The first-order valence-corrected chi connectivity index (χ1v) is 7.14. The molecule has 1 N–H and O–H groups in total. The normalized spacial score (nSPS) is 11.6. The fraction of sp³-hybridized carbons (Fsp3) is 0.235. The van der Waals surface area contributed by atoms with Crippen molar-refractivity contribution in [2.75, 3.05) is 14.2 Å². The molecule has 7 heteroatoms. The van der Waals surface area contributed by atoms with Crippen molar-refractivity contribution in [1.82, 2.24) is 0 Å². The van der Waals surface area contributed by atoms with Gasteiger partial charge < -0.3 is 14.6 Å². The average Bonchev–Trinajstić information content (AvgIpc) is 2.59. The molecule has 2 rings (SSSR count). The van der Waals surface area contributed by atoms with Crippen LogP contribution < -0.4 is 9.47 Å². The van der Waals surface area contributed by atoms with Crippen LogP contribution in [0.5, 0.6) is 11.5 Å². The number of nitro groups is 1. The fourth-order valence-electron chi connectivity index (χ4n) is 2.45. The van der Waals surface area contributed by atoms with E-state index in [1.807, 2.05) is 0 Å². The summed E-state index contributed by atoms with van der Waals surface area (Å²) in [7, 11) is 2.85. The lowest BCUT2D eigenvalue weighted by atomic mass is 9.91. The Morgan fingerprint density at radius 1 is 1.21 bits per heavy atom. The van der Waals surface area contributed by atoms with Crippen LogP contribution in [0.1, 0.15) is 17.0 Å². The topological polar surface area (TPSA) is 98.9 Å². The lowest BCUT2D eigenvalue weighted by Gasteiger charge is -2.14. The minimum Gasteiger partial charge on any atom is -0.497 e. The van der Waals surface area contributed by atoms with E-state index in [1.54, 1.807) is 30.3 Å². The number of methoxy groups -OCH3 is 2. The molecular weight excluding hydrogens is 314 g/mol. The number of carboxylic acids is 1. The highest BCUT2D eigenvalue weighted by Crippen LogP contribution is 2.31. The van der Waals surface area contributed by atoms with Gasteiger partial charge in [-0.2, -0.15) is 0 Å². The molecule has 0 aliphatic heterocycles. The average molecular weight is 331 g/mol. The monoisotopic (exact) mass is 331 g/mol. The summed E-state index contributed by atoms with van der Waals surface area (Å²) < 4.78 is 10.1. The van der Waals surface area contributed by atoms with Gasteiger partial charge in [-0.1, -0.05) is 18.2 Å². The van der Waals surface area contributed by atoms with Crippen LogP contribution in [0.15, 0.2) is 42.5 Å². The Bertz CT molecular complexity index is 758. The number of hydrogen-bond donors (Lipinski definition) is 1. The molecule has 0 bridgehead atoms. The van der Waals surface area contributed by atoms with E-state index >= 15 is 0 Å². The van der Waals surface area contributed by atoms with Gasteiger partial charge in [0.05, 0.1) is 25.1 Å². The molecule has 1 unspecified atom stereocenters. The number of nitrogens with zero attached hydrogens (tertiary/aromatic N) is 1. The van der Waals surface area contributed by atoms with Crippen molar-refractivity contribution in [1.29, 1.82) is 0 Å². The highest BCUT2D eigenvalue weighted by molar-refractivity contribution is 5.76. The second-order valence-corrected chi connectivity index (χ2v) is 5.13. The van der Waals surface area contributed by atoms with Gasteiger partial charge in [0.2, 0.25) is 0 Å². The van der Waals surface area contributed by atoms with E-state index in [0.29, 0.717) is 16.9 Å². The van der Waals surface area contributed by atoms with E-state index in [1.165, 1.54) is 26.4 Å². The van der Waals surface area contributed by atoms with E-state index in [4.69, 9.17) is 9.47 Å². The molecule has 126 valence electrons. The molecule has 0 saturated carbocycles. The molecule has 0 radical (unpaired) electrons. The summed E-state index contributed by atoms with van der Waals surface area (Å²) in [4.78, 5) is 22.2. The maximum Gasteiger partial charge on any atom is 0.311 e. The summed E-state index contributed by atoms with van der Waals surface area (Å²) in [6, 6.07) is 11.2. The first-order chi connectivity index (χ1) is 11.5. The van der Waals surface area contributed by atoms with Gasteiger partial charge in [0.25, 0.3) is 0 Å². The van der Waals surface area contributed by atoms with Crippen LogP contribution in [-0.2, 0) is 11.2 Å². The number of carboxylic acid groups (broad SMARTS) is 1. The number of ether oxygens (including phenoxy) is 2. The highest BCUT2D eigenvalue weighted by Gasteiger charge is 2.23. The Balaban J connectivity index is 2.36. The summed E-state index contributed by atoms with van der Waals surface area (Å²) in [6.07, 6.45) is 0.118. The van der Waals surface area contributed by atoms with Gasteiger partial charge in [-0.25, -0.2) is 0 Å². The Labute approximate surface area is 138 Å². The zero-order valence-electron chi connectivity index (χ0n) is 13.3. The van der Waals surface area contributed by atoms with Gasteiger partial charge in [-0.3, -0.25) is 14.9 Å². The maximum atomic E-state index is 11.6. The number of hydrogen-bond acceptors (Lipinski definition) is 5. The number of aliphatic carboxylic acids is 1. The Kier molecular flexibility index (Phi) is 5.36. The van der Waals surface area contributed by atoms with Gasteiger partial charge in [0.15, 0.2) is 5.75 Å². The largest absolute Gasteiger partial charge is 0.497 e. The molecule has 0 aromatic heterocycles. The molecule has 0 amide bonds. The van der Waals surface area contributed by atoms with Gasteiger partial charge >= 0.3 is 11.7 Å². The molecule has 1 atom stereocenters. The Morgan fingerprint density at radius 3 is 2.54 bits per heavy atom. The van der Waals surface area contributed by atoms with Gasteiger partial charge in [0.1, 0.15) is 5.75 Å². The SMILES string of the molecule is COc1cccc(C(Cc2ccc(OC)c([N+](=O)[O-])c2)C(=O)O)c1. The zero-order valence-corrected chi connectivity index (χ0v) is 13.3. The quantitative estimate of drug-likeness (QED) is 0.618. The van der Waals surface area contributed by atoms with E-state index in [2.05, 4.69) is 0 Å². The maximum absolute atomic E-state index is 11.6. The van der Waals surface area contributed by atoms with Crippen molar-refractivity contribution in [3.8, 4) is 11.5 Å². The van der Waals surface area contributed by atoms with Gasteiger partial charge in [-0.15, -0.1) is 0 Å². The summed E-state index contributed by atoms with van der Waals surface area (Å²) in [5.74, 6) is -1.16. The van der Waals surface area contributed by atoms with Crippen LogP contribution in [-0.4, -0.2) is 30.2 Å². The molecule has 24 heavy (non-hydrogen) atoms. The fourth-order valence-corrected chi connectivity index (χ4v) is 2.45. The summed E-state index contributed by atoms with van der Waals surface area (Å²) in [6.45, 7) is 0. The first-order valence-electron chi connectivity index (χ1n) is 7.14. The second kappa shape index (κ2) is 7.45. The van der Waals surface area contributed by atoms with Crippen molar-refractivity contribution in [2.45, 2.75) is 12.3 Å². The molecule has 0 spiro atoms. The molecule has 2 aromatic rings. The smallest absolute Gasteiger partial charge is 0.311 e. The van der Waals surface area contributed by atoms with Crippen molar-refractivity contribution in [3.05, 3.63) is 63.7 Å². The second-order valence-electron chi connectivity index (χ2n) is 5.13. The summed E-state index contributed by atoms with van der Waals surface area (Å²) >= 11 is 0. The number of carbonyl (C=O) groups is 1. The van der Waals surface area contributed by atoms with Crippen LogP contribution in [0.2, 0.25) is 0 Å². The van der Waals surface area contributed by atoms with Crippen molar-refractivity contribution >= 4 is 11.7 Å². The zero-order chi connectivity index (χ0) is 17.7. The van der Waals surface area contributed by atoms with Crippen molar-refractivity contribution in [3.63, 3.8) is 0 Å². The van der Waals surface area contributed by atoms with E-state index in [0.717, 1.165) is 0 Å². The lowest BCUT2D eigenvalue weighted by molar-refractivity contribution is -0.385. The summed E-state index contributed by atoms with van der Waals surface area (Å²) in [5.41, 5.74) is 0.919. The molecule has 0 aliphatic rings. The molecular formula is C17H17NO6. The Hall–Kier alpha value is -3.09. The molecule has 7 nitrogen and oxygen atoms in total. The first kappa shape index (κ1) is 17.3. The molecule has 0 heterocycles. The van der Waals surface area contributed by atoms with E-state index in [9.17, 15) is 20.0 Å². The predicted octanol–water partition coefficient (Wildman–Crippen LogP) is 3.02. The third kappa shape index (κ3) is 3.81. The van der Waals surface area contributed by atoms with Crippen LogP contribution in [0.4, 0.5) is 5.69 Å². The predicted molar refractivity (Wildman–Crippen MR) is 86.7 cm³/mol. The van der Waals surface area contributed by atoms with E-state index < -0.39 is 16.8 Å². The van der Waals surface area contributed by atoms with Crippen molar-refractivity contribution in [2.24, 2.45) is 0 Å². The van der Waals surface area contributed by atoms with Crippen LogP contribution >= 0.6 is 0 Å².